The summed E-state index contributed by atoms with van der Waals surface area (Å²) in [6.45, 7) is 0.525. The summed E-state index contributed by atoms with van der Waals surface area (Å²) in [6, 6.07) is 11.1. The number of carbonyl (C=O) groups is 1. The molecule has 1 aliphatic heterocycles. The Kier molecular flexibility index (Phi) is 3.09. The topological polar surface area (TPSA) is 42.4 Å². The molecule has 3 rings (SSSR count). The smallest absolute Gasteiger partial charge is 0.265 e. The van der Waals surface area contributed by atoms with E-state index in [0.29, 0.717) is 11.7 Å². The van der Waals surface area contributed by atoms with Gasteiger partial charge in [-0.25, -0.2) is 4.98 Å². The van der Waals surface area contributed by atoms with Crippen LogP contribution in [0.1, 0.15) is 5.56 Å². The molecule has 0 spiro atoms. The number of ether oxygens (including phenoxy) is 1. The van der Waals surface area contributed by atoms with E-state index in [-0.39, 0.29) is 12.5 Å². The maximum Gasteiger partial charge on any atom is 0.265 e. The molecular formula is C14H11ClN2O2. The third-order valence-corrected chi connectivity index (χ3v) is 3.15. The van der Waals surface area contributed by atoms with E-state index in [9.17, 15) is 4.79 Å². The lowest BCUT2D eigenvalue weighted by atomic mass is 10.2. The number of fused-ring (bicyclic) bond motifs is 1. The molecule has 0 radical (unpaired) electrons. The van der Waals surface area contributed by atoms with Gasteiger partial charge in [-0.05, 0) is 29.8 Å². The highest BCUT2D eigenvalue weighted by Gasteiger charge is 2.25. The minimum atomic E-state index is -0.0633. The minimum absolute atomic E-state index is 0.0633. The van der Waals surface area contributed by atoms with Gasteiger partial charge in [-0.3, -0.25) is 4.79 Å². The first-order chi connectivity index (χ1) is 9.24. The van der Waals surface area contributed by atoms with Crippen molar-refractivity contribution in [1.82, 2.24) is 4.98 Å². The summed E-state index contributed by atoms with van der Waals surface area (Å²) in [6.07, 6.45) is 1.63. The molecule has 96 valence electrons. The number of pyridine rings is 1. The number of hydrogen-bond acceptors (Lipinski definition) is 3. The van der Waals surface area contributed by atoms with Gasteiger partial charge in [-0.15, -0.1) is 0 Å². The molecule has 1 amide bonds. The predicted octanol–water partition coefficient (Wildman–Crippen LogP) is 2.66. The molecule has 2 heterocycles. The summed E-state index contributed by atoms with van der Waals surface area (Å²) in [4.78, 5) is 17.6. The summed E-state index contributed by atoms with van der Waals surface area (Å²) in [7, 11) is 0. The molecule has 2 aromatic rings. The Balaban J connectivity index is 1.94. The van der Waals surface area contributed by atoms with Crippen LogP contribution in [-0.2, 0) is 11.3 Å². The predicted molar refractivity (Wildman–Crippen MR) is 72.4 cm³/mol. The summed E-state index contributed by atoms with van der Waals surface area (Å²) >= 11 is 5.86. The Morgan fingerprint density at radius 2 is 2.16 bits per heavy atom. The number of amides is 1. The minimum Gasteiger partial charge on any atom is -0.482 e. The maximum absolute atomic E-state index is 12.0. The molecule has 0 bridgehead atoms. The van der Waals surface area contributed by atoms with Gasteiger partial charge in [0.15, 0.2) is 6.61 Å². The van der Waals surface area contributed by atoms with Gasteiger partial charge in [0.1, 0.15) is 10.9 Å². The largest absolute Gasteiger partial charge is 0.482 e. The highest BCUT2D eigenvalue weighted by Crippen LogP contribution is 2.32. The third kappa shape index (κ3) is 2.39. The summed E-state index contributed by atoms with van der Waals surface area (Å²) < 4.78 is 5.40. The second kappa shape index (κ2) is 4.90. The number of anilines is 1. The molecule has 1 aromatic heterocycles. The van der Waals surface area contributed by atoms with Crippen molar-refractivity contribution in [3.05, 3.63) is 53.3 Å². The molecule has 1 aromatic carbocycles. The molecule has 4 nitrogen and oxygen atoms in total. The van der Waals surface area contributed by atoms with Crippen LogP contribution in [0.5, 0.6) is 5.75 Å². The van der Waals surface area contributed by atoms with Crippen molar-refractivity contribution in [1.29, 1.82) is 0 Å². The first-order valence-electron chi connectivity index (χ1n) is 5.86. The fraction of sp³-hybridized carbons (Fsp3) is 0.143. The summed E-state index contributed by atoms with van der Waals surface area (Å²) in [5, 5.41) is 0.423. The zero-order chi connectivity index (χ0) is 13.2. The van der Waals surface area contributed by atoms with Gasteiger partial charge in [-0.1, -0.05) is 23.7 Å². The average molecular weight is 275 g/mol. The zero-order valence-corrected chi connectivity index (χ0v) is 10.8. The van der Waals surface area contributed by atoms with E-state index in [2.05, 4.69) is 4.98 Å². The van der Waals surface area contributed by atoms with Crippen LogP contribution >= 0.6 is 11.6 Å². The Hall–Kier alpha value is -2.07. The van der Waals surface area contributed by atoms with Crippen molar-refractivity contribution < 1.29 is 9.53 Å². The number of para-hydroxylation sites is 2. The second-order valence-electron chi connectivity index (χ2n) is 4.22. The molecule has 0 fully saturated rings. The van der Waals surface area contributed by atoms with Crippen LogP contribution < -0.4 is 9.64 Å². The van der Waals surface area contributed by atoms with Crippen molar-refractivity contribution in [3.63, 3.8) is 0 Å². The number of rotatable bonds is 2. The Labute approximate surface area is 115 Å². The van der Waals surface area contributed by atoms with E-state index in [4.69, 9.17) is 16.3 Å². The van der Waals surface area contributed by atoms with Crippen LogP contribution in [0.4, 0.5) is 5.69 Å². The van der Waals surface area contributed by atoms with Crippen LogP contribution in [0.3, 0.4) is 0 Å². The summed E-state index contributed by atoms with van der Waals surface area (Å²) in [5.41, 5.74) is 1.72. The zero-order valence-electron chi connectivity index (χ0n) is 10.0. The molecule has 0 unspecified atom stereocenters. The first kappa shape index (κ1) is 12.0. The lowest BCUT2D eigenvalue weighted by Crippen LogP contribution is -2.38. The SMILES string of the molecule is O=C1COc2ccccc2N1Cc1ccnc(Cl)c1. The van der Waals surface area contributed by atoms with E-state index >= 15 is 0 Å². The normalized spacial score (nSPS) is 13.9. The van der Waals surface area contributed by atoms with Crippen LogP contribution in [-0.4, -0.2) is 17.5 Å². The van der Waals surface area contributed by atoms with Crippen LogP contribution in [0.2, 0.25) is 5.15 Å². The fourth-order valence-electron chi connectivity index (χ4n) is 2.05. The van der Waals surface area contributed by atoms with Gasteiger partial charge >= 0.3 is 0 Å². The van der Waals surface area contributed by atoms with E-state index in [1.54, 1.807) is 17.2 Å². The van der Waals surface area contributed by atoms with Crippen molar-refractivity contribution in [2.24, 2.45) is 0 Å². The Bertz CT molecular complexity index is 630. The van der Waals surface area contributed by atoms with Crippen molar-refractivity contribution in [2.75, 3.05) is 11.5 Å². The first-order valence-corrected chi connectivity index (χ1v) is 6.24. The highest BCUT2D eigenvalue weighted by atomic mass is 35.5. The quantitative estimate of drug-likeness (QED) is 0.791. The number of benzene rings is 1. The third-order valence-electron chi connectivity index (χ3n) is 2.94. The Morgan fingerprint density at radius 1 is 1.32 bits per heavy atom. The highest BCUT2D eigenvalue weighted by molar-refractivity contribution is 6.29. The van der Waals surface area contributed by atoms with E-state index in [1.807, 2.05) is 30.3 Å². The Morgan fingerprint density at radius 3 is 3.00 bits per heavy atom. The van der Waals surface area contributed by atoms with E-state index < -0.39 is 0 Å². The molecule has 0 aliphatic carbocycles. The lowest BCUT2D eigenvalue weighted by Gasteiger charge is -2.29. The lowest BCUT2D eigenvalue weighted by molar-refractivity contribution is -0.121. The number of halogens is 1. The molecule has 0 atom stereocenters. The van der Waals surface area contributed by atoms with Gasteiger partial charge in [0.25, 0.3) is 5.91 Å². The summed E-state index contributed by atoms with van der Waals surface area (Å²) in [5.74, 6) is 0.661. The molecular weight excluding hydrogens is 264 g/mol. The van der Waals surface area contributed by atoms with Crippen molar-refractivity contribution in [3.8, 4) is 5.75 Å². The van der Waals surface area contributed by atoms with Gasteiger partial charge < -0.3 is 9.64 Å². The molecule has 0 saturated heterocycles. The second-order valence-corrected chi connectivity index (χ2v) is 4.61. The molecule has 1 aliphatic rings. The number of hydrogen-bond donors (Lipinski definition) is 0. The van der Waals surface area contributed by atoms with Gasteiger partial charge in [0.05, 0.1) is 12.2 Å². The van der Waals surface area contributed by atoms with Crippen LogP contribution in [0.25, 0.3) is 0 Å². The number of aromatic nitrogens is 1. The average Bonchev–Trinajstić information content (AvgIpc) is 2.42. The molecule has 0 saturated carbocycles. The fourth-order valence-corrected chi connectivity index (χ4v) is 2.25. The molecule has 0 N–H and O–H groups in total. The van der Waals surface area contributed by atoms with Crippen LogP contribution in [0.15, 0.2) is 42.6 Å². The standard InChI is InChI=1S/C14H11ClN2O2/c15-13-7-10(5-6-16-13)8-17-11-3-1-2-4-12(11)19-9-14(17)18/h1-7H,8-9H2. The van der Waals surface area contributed by atoms with Crippen molar-refractivity contribution >= 4 is 23.2 Å². The molecule has 5 heteroatoms. The molecule has 19 heavy (non-hydrogen) atoms. The number of nitrogens with zero attached hydrogens (tertiary/aromatic N) is 2. The van der Waals surface area contributed by atoms with E-state index in [1.165, 1.54) is 0 Å². The van der Waals surface area contributed by atoms with Gasteiger partial charge in [0, 0.05) is 6.20 Å². The number of carbonyl (C=O) groups excluding carboxylic acids is 1. The van der Waals surface area contributed by atoms with Gasteiger partial charge in [-0.2, -0.15) is 0 Å². The van der Waals surface area contributed by atoms with E-state index in [0.717, 1.165) is 17.0 Å². The van der Waals surface area contributed by atoms with Gasteiger partial charge in [0.2, 0.25) is 0 Å². The van der Waals surface area contributed by atoms with Crippen LogP contribution in [0, 0.1) is 0 Å². The maximum atomic E-state index is 12.0. The monoisotopic (exact) mass is 274 g/mol. The van der Waals surface area contributed by atoms with Crippen molar-refractivity contribution in [2.45, 2.75) is 6.54 Å².